The highest BCUT2D eigenvalue weighted by Crippen LogP contribution is 2.21. The molecule has 1 atom stereocenters. The lowest BCUT2D eigenvalue weighted by Gasteiger charge is -2.13. The molecule has 0 saturated carbocycles. The molecule has 0 bridgehead atoms. The van der Waals surface area contributed by atoms with E-state index in [4.69, 9.17) is 9.26 Å². The second-order valence-electron chi connectivity index (χ2n) is 7.74. The molecule has 0 aliphatic carbocycles. The Hall–Kier alpha value is -4.21. The molecule has 10 nitrogen and oxygen atoms in total. The van der Waals surface area contributed by atoms with Crippen LogP contribution in [0.3, 0.4) is 0 Å². The molecule has 4 rings (SSSR count). The van der Waals surface area contributed by atoms with Gasteiger partial charge in [0.25, 0.3) is 5.91 Å². The van der Waals surface area contributed by atoms with Gasteiger partial charge in [0.15, 0.2) is 0 Å². The average Bonchev–Trinajstić information content (AvgIpc) is 3.22. The van der Waals surface area contributed by atoms with Gasteiger partial charge in [0.1, 0.15) is 11.8 Å². The quantitative estimate of drug-likeness (QED) is 0.503. The Labute approximate surface area is 189 Å². The van der Waals surface area contributed by atoms with E-state index in [2.05, 4.69) is 26.1 Å². The van der Waals surface area contributed by atoms with Gasteiger partial charge in [-0.3, -0.25) is 14.4 Å². The summed E-state index contributed by atoms with van der Waals surface area (Å²) in [5.41, 5.74) is 1.49. The van der Waals surface area contributed by atoms with Gasteiger partial charge in [-0.1, -0.05) is 17.3 Å². The first kappa shape index (κ1) is 22.0. The van der Waals surface area contributed by atoms with Crippen LogP contribution in [0.1, 0.15) is 36.5 Å². The van der Waals surface area contributed by atoms with Crippen LogP contribution in [-0.2, 0) is 16.1 Å². The number of anilines is 1. The molecule has 3 amide bonds. The van der Waals surface area contributed by atoms with E-state index in [0.717, 1.165) is 11.3 Å². The van der Waals surface area contributed by atoms with Crippen LogP contribution in [0.5, 0.6) is 5.75 Å². The van der Waals surface area contributed by atoms with Gasteiger partial charge in [-0.2, -0.15) is 4.98 Å². The molecular weight excluding hydrogens is 426 g/mol. The smallest absolute Gasteiger partial charge is 0.254 e. The van der Waals surface area contributed by atoms with Gasteiger partial charge in [-0.25, -0.2) is 0 Å². The fourth-order valence-electron chi connectivity index (χ4n) is 3.29. The van der Waals surface area contributed by atoms with Crippen molar-refractivity contribution in [3.8, 4) is 17.1 Å². The van der Waals surface area contributed by atoms with Gasteiger partial charge >= 0.3 is 0 Å². The maximum absolute atomic E-state index is 12.4. The third kappa shape index (κ3) is 5.35. The molecule has 1 aromatic heterocycles. The van der Waals surface area contributed by atoms with Crippen LogP contribution in [0, 0.1) is 0 Å². The highest BCUT2D eigenvalue weighted by atomic mass is 16.5. The highest BCUT2D eigenvalue weighted by Gasteiger charge is 2.29. The minimum atomic E-state index is -1.00. The SMILES string of the molecule is CC(C)Oc1ccc(-c2noc(CNC(=O)CC3NC(=O)c4ccccc4NC3=O)n2)cc1. The van der Waals surface area contributed by atoms with E-state index in [1.165, 1.54) is 0 Å². The first-order chi connectivity index (χ1) is 15.9. The molecule has 0 spiro atoms. The molecule has 1 aliphatic heterocycles. The molecule has 0 fully saturated rings. The Kier molecular flexibility index (Phi) is 6.34. The molecule has 170 valence electrons. The molecule has 0 radical (unpaired) electrons. The van der Waals surface area contributed by atoms with Crippen molar-refractivity contribution >= 4 is 23.4 Å². The standard InChI is InChI=1S/C23H23N5O5/c1-13(2)32-15-9-7-14(8-10-15)21-27-20(33-28-21)12-24-19(29)11-18-23(31)25-17-6-4-3-5-16(17)22(30)26-18/h3-10,13,18H,11-12H2,1-2H3,(H,24,29)(H,25,31)(H,26,30). The Morgan fingerprint density at radius 2 is 1.91 bits per heavy atom. The van der Waals surface area contributed by atoms with Crippen molar-refractivity contribution < 1.29 is 23.6 Å². The first-order valence-corrected chi connectivity index (χ1v) is 10.5. The summed E-state index contributed by atoms with van der Waals surface area (Å²) in [4.78, 5) is 41.4. The number of amides is 3. The lowest BCUT2D eigenvalue weighted by Crippen LogP contribution is -2.44. The lowest BCUT2D eigenvalue weighted by molar-refractivity contribution is -0.125. The fraction of sp³-hybridized carbons (Fsp3) is 0.261. The summed E-state index contributed by atoms with van der Waals surface area (Å²) in [6.07, 6.45) is -0.159. The molecular formula is C23H23N5O5. The van der Waals surface area contributed by atoms with Crippen LogP contribution in [0.4, 0.5) is 5.69 Å². The number of nitrogens with one attached hydrogen (secondary N) is 3. The van der Waals surface area contributed by atoms with Gasteiger partial charge in [0.2, 0.25) is 23.5 Å². The lowest BCUT2D eigenvalue weighted by atomic mass is 10.1. The Balaban J connectivity index is 1.32. The first-order valence-electron chi connectivity index (χ1n) is 10.5. The summed E-state index contributed by atoms with van der Waals surface area (Å²) in [5, 5.41) is 11.8. The number of carbonyl (C=O) groups is 3. The second kappa shape index (κ2) is 9.51. The molecule has 1 aliphatic rings. The second-order valence-corrected chi connectivity index (χ2v) is 7.74. The number of hydrogen-bond donors (Lipinski definition) is 3. The van der Waals surface area contributed by atoms with E-state index in [-0.39, 0.29) is 25.0 Å². The van der Waals surface area contributed by atoms with Crippen LogP contribution < -0.4 is 20.7 Å². The number of rotatable bonds is 7. The summed E-state index contributed by atoms with van der Waals surface area (Å²) in [5.74, 6) is -0.00790. The van der Waals surface area contributed by atoms with Gasteiger partial charge < -0.3 is 25.2 Å². The van der Waals surface area contributed by atoms with E-state index in [1.807, 2.05) is 38.1 Å². The molecule has 2 aromatic carbocycles. The number of hydrogen-bond acceptors (Lipinski definition) is 7. The number of fused-ring (bicyclic) bond motifs is 1. The van der Waals surface area contributed by atoms with Crippen molar-refractivity contribution in [1.82, 2.24) is 20.8 Å². The molecule has 1 unspecified atom stereocenters. The summed E-state index contributed by atoms with van der Waals surface area (Å²) in [6, 6.07) is 12.9. The highest BCUT2D eigenvalue weighted by molar-refractivity contribution is 6.10. The summed E-state index contributed by atoms with van der Waals surface area (Å²) < 4.78 is 10.8. The molecule has 0 saturated heterocycles. The number of nitrogens with zero attached hydrogens (tertiary/aromatic N) is 2. The number of ether oxygens (including phenoxy) is 1. The zero-order valence-electron chi connectivity index (χ0n) is 18.1. The fourth-order valence-corrected chi connectivity index (χ4v) is 3.29. The molecule has 3 aromatic rings. The number of benzene rings is 2. The van der Waals surface area contributed by atoms with Gasteiger partial charge in [-0.15, -0.1) is 0 Å². The van der Waals surface area contributed by atoms with Crippen LogP contribution in [0.25, 0.3) is 11.4 Å². The zero-order valence-corrected chi connectivity index (χ0v) is 18.1. The van der Waals surface area contributed by atoms with Crippen LogP contribution in [0.15, 0.2) is 53.1 Å². The van der Waals surface area contributed by atoms with Gasteiger partial charge in [0.05, 0.1) is 30.3 Å². The van der Waals surface area contributed by atoms with Gasteiger partial charge in [-0.05, 0) is 50.2 Å². The zero-order chi connectivity index (χ0) is 23.4. The molecule has 33 heavy (non-hydrogen) atoms. The van der Waals surface area contributed by atoms with Crippen molar-refractivity contribution in [3.63, 3.8) is 0 Å². The largest absolute Gasteiger partial charge is 0.491 e. The molecule has 10 heteroatoms. The van der Waals surface area contributed by atoms with Gasteiger partial charge in [0, 0.05) is 5.56 Å². The van der Waals surface area contributed by atoms with Crippen molar-refractivity contribution in [2.75, 3.05) is 5.32 Å². The summed E-state index contributed by atoms with van der Waals surface area (Å²) in [6.45, 7) is 3.88. The van der Waals surface area contributed by atoms with Crippen molar-refractivity contribution in [1.29, 1.82) is 0 Å². The third-order valence-electron chi connectivity index (χ3n) is 4.83. The number of carbonyl (C=O) groups excluding carboxylic acids is 3. The minimum Gasteiger partial charge on any atom is -0.491 e. The predicted molar refractivity (Wildman–Crippen MR) is 118 cm³/mol. The summed E-state index contributed by atoms with van der Waals surface area (Å²) in [7, 11) is 0. The minimum absolute atomic E-state index is 0.0110. The van der Waals surface area contributed by atoms with E-state index in [9.17, 15) is 14.4 Å². The van der Waals surface area contributed by atoms with Crippen LogP contribution >= 0.6 is 0 Å². The topological polar surface area (TPSA) is 135 Å². The van der Waals surface area contributed by atoms with E-state index >= 15 is 0 Å². The number of aromatic nitrogens is 2. The van der Waals surface area contributed by atoms with Crippen molar-refractivity contribution in [2.24, 2.45) is 0 Å². The summed E-state index contributed by atoms with van der Waals surface area (Å²) >= 11 is 0. The van der Waals surface area contributed by atoms with E-state index < -0.39 is 23.8 Å². The maximum Gasteiger partial charge on any atom is 0.254 e. The Morgan fingerprint density at radius 3 is 2.67 bits per heavy atom. The van der Waals surface area contributed by atoms with E-state index in [0.29, 0.717) is 17.1 Å². The number of para-hydroxylation sites is 1. The van der Waals surface area contributed by atoms with Crippen molar-refractivity contribution in [3.05, 3.63) is 60.0 Å². The van der Waals surface area contributed by atoms with Crippen LogP contribution in [-0.4, -0.2) is 40.0 Å². The maximum atomic E-state index is 12.4. The Morgan fingerprint density at radius 1 is 1.15 bits per heavy atom. The van der Waals surface area contributed by atoms with E-state index in [1.54, 1.807) is 24.3 Å². The Bertz CT molecular complexity index is 1170. The molecule has 2 heterocycles. The van der Waals surface area contributed by atoms with Crippen LogP contribution in [0.2, 0.25) is 0 Å². The normalized spacial score (nSPS) is 15.3. The third-order valence-corrected chi connectivity index (χ3v) is 4.83. The monoisotopic (exact) mass is 449 g/mol. The predicted octanol–water partition coefficient (Wildman–Crippen LogP) is 2.28. The average molecular weight is 449 g/mol. The van der Waals surface area contributed by atoms with Crippen molar-refractivity contribution in [2.45, 2.75) is 39.0 Å². The molecule has 3 N–H and O–H groups in total.